The highest BCUT2D eigenvalue weighted by Gasteiger charge is 2.40. The number of hydrogen-bond donors (Lipinski definition) is 1. The fourth-order valence-corrected chi connectivity index (χ4v) is 4.31. The first kappa shape index (κ1) is 11.0. The Morgan fingerprint density at radius 1 is 0.750 bits per heavy atom. The van der Waals surface area contributed by atoms with Gasteiger partial charge in [0.25, 0.3) is 0 Å². The van der Waals surface area contributed by atoms with E-state index in [-0.39, 0.29) is 0 Å². The highest BCUT2D eigenvalue weighted by Crippen LogP contribution is 2.39. The summed E-state index contributed by atoms with van der Waals surface area (Å²) < 4.78 is 0. The lowest BCUT2D eigenvalue weighted by Gasteiger charge is -2.32. The summed E-state index contributed by atoms with van der Waals surface area (Å²) in [5.74, 6) is 2.05. The fraction of sp³-hybridized carbons (Fsp3) is 1.00. The van der Waals surface area contributed by atoms with Crippen molar-refractivity contribution in [2.75, 3.05) is 13.1 Å². The van der Waals surface area contributed by atoms with Crippen LogP contribution in [0.4, 0.5) is 0 Å². The molecule has 2 N–H and O–H groups in total. The fourth-order valence-electron chi connectivity index (χ4n) is 4.31. The zero-order chi connectivity index (χ0) is 11.0. The Morgan fingerprint density at radius 3 is 2.19 bits per heavy atom. The second-order valence-electron chi connectivity index (χ2n) is 6.27. The lowest BCUT2D eigenvalue weighted by atomic mass is 10.0. The van der Waals surface area contributed by atoms with Crippen molar-refractivity contribution >= 4 is 0 Å². The van der Waals surface area contributed by atoms with Gasteiger partial charge in [0.15, 0.2) is 0 Å². The minimum Gasteiger partial charge on any atom is -0.326 e. The van der Waals surface area contributed by atoms with Crippen molar-refractivity contribution in [3.63, 3.8) is 0 Å². The molecule has 16 heavy (non-hydrogen) atoms. The molecule has 4 unspecified atom stereocenters. The van der Waals surface area contributed by atoms with Gasteiger partial charge in [-0.25, -0.2) is 0 Å². The summed E-state index contributed by atoms with van der Waals surface area (Å²) >= 11 is 0. The Hall–Kier alpha value is -0.0800. The summed E-state index contributed by atoms with van der Waals surface area (Å²) in [5, 5.41) is 0. The third kappa shape index (κ3) is 2.02. The zero-order valence-corrected chi connectivity index (χ0v) is 10.4. The van der Waals surface area contributed by atoms with Crippen LogP contribution in [0.25, 0.3) is 0 Å². The number of rotatable bonds is 1. The van der Waals surface area contributed by atoms with Crippen LogP contribution in [0.2, 0.25) is 0 Å². The molecule has 2 nitrogen and oxygen atoms in total. The molecule has 4 atom stereocenters. The molecular formula is C14H26N2. The topological polar surface area (TPSA) is 29.3 Å². The van der Waals surface area contributed by atoms with Gasteiger partial charge < -0.3 is 5.73 Å². The van der Waals surface area contributed by atoms with E-state index in [2.05, 4.69) is 4.90 Å². The Bertz CT molecular complexity index is 229. The molecule has 0 amide bonds. The average molecular weight is 222 g/mol. The van der Waals surface area contributed by atoms with Gasteiger partial charge in [-0.1, -0.05) is 25.7 Å². The van der Waals surface area contributed by atoms with E-state index in [9.17, 15) is 0 Å². The molecule has 1 aliphatic heterocycles. The van der Waals surface area contributed by atoms with Gasteiger partial charge >= 0.3 is 0 Å². The van der Waals surface area contributed by atoms with Gasteiger partial charge in [0.05, 0.1) is 0 Å². The second-order valence-corrected chi connectivity index (χ2v) is 6.27. The van der Waals surface area contributed by atoms with Crippen molar-refractivity contribution in [1.82, 2.24) is 4.90 Å². The van der Waals surface area contributed by atoms with Crippen LogP contribution < -0.4 is 5.73 Å². The zero-order valence-electron chi connectivity index (χ0n) is 10.4. The lowest BCUT2D eigenvalue weighted by Crippen LogP contribution is -2.46. The van der Waals surface area contributed by atoms with E-state index in [1.54, 1.807) is 0 Å². The summed E-state index contributed by atoms with van der Waals surface area (Å²) in [7, 11) is 0. The normalized spacial score (nSPS) is 45.6. The number of likely N-dealkylation sites (tertiary alicyclic amines) is 1. The van der Waals surface area contributed by atoms with Crippen LogP contribution in [0.1, 0.15) is 51.4 Å². The molecule has 0 aromatic rings. The maximum absolute atomic E-state index is 6.37. The molecule has 2 heteroatoms. The molecule has 1 saturated heterocycles. The number of hydrogen-bond acceptors (Lipinski definition) is 2. The van der Waals surface area contributed by atoms with Crippen molar-refractivity contribution in [1.29, 1.82) is 0 Å². The summed E-state index contributed by atoms with van der Waals surface area (Å²) in [4.78, 5) is 2.75. The van der Waals surface area contributed by atoms with Crippen molar-refractivity contribution in [3.8, 4) is 0 Å². The maximum Gasteiger partial charge on any atom is 0.0247 e. The molecule has 0 radical (unpaired) electrons. The number of fused-ring (bicyclic) bond motifs is 1. The lowest BCUT2D eigenvalue weighted by molar-refractivity contribution is 0.186. The monoisotopic (exact) mass is 222 g/mol. The highest BCUT2D eigenvalue weighted by molar-refractivity contribution is 4.94. The van der Waals surface area contributed by atoms with Crippen molar-refractivity contribution in [3.05, 3.63) is 0 Å². The molecular weight excluding hydrogens is 196 g/mol. The molecule has 92 valence electrons. The quantitative estimate of drug-likeness (QED) is 0.690. The molecule has 0 bridgehead atoms. The van der Waals surface area contributed by atoms with Gasteiger partial charge in [-0.15, -0.1) is 0 Å². The average Bonchev–Trinajstić information content (AvgIpc) is 2.77. The first-order chi connectivity index (χ1) is 7.84. The van der Waals surface area contributed by atoms with E-state index in [0.717, 1.165) is 11.8 Å². The molecule has 2 saturated carbocycles. The Kier molecular flexibility index (Phi) is 3.21. The molecule has 2 aliphatic carbocycles. The van der Waals surface area contributed by atoms with Crippen molar-refractivity contribution in [2.45, 2.75) is 63.5 Å². The molecule has 0 spiro atoms. The van der Waals surface area contributed by atoms with Gasteiger partial charge in [0, 0.05) is 25.2 Å². The van der Waals surface area contributed by atoms with Crippen LogP contribution in [0.3, 0.4) is 0 Å². The SMILES string of the molecule is NC1CCCCCC1N1CC2CCCC2C1. The van der Waals surface area contributed by atoms with E-state index in [1.807, 2.05) is 0 Å². The van der Waals surface area contributed by atoms with Crippen LogP contribution >= 0.6 is 0 Å². The third-order valence-corrected chi connectivity index (χ3v) is 5.26. The number of nitrogens with two attached hydrogens (primary N) is 1. The van der Waals surface area contributed by atoms with E-state index in [1.165, 1.54) is 64.5 Å². The number of nitrogens with zero attached hydrogens (tertiary/aromatic N) is 1. The molecule has 3 rings (SSSR count). The predicted octanol–water partition coefficient (Wildman–Crippen LogP) is 2.38. The van der Waals surface area contributed by atoms with Crippen LogP contribution in [-0.4, -0.2) is 30.1 Å². The largest absolute Gasteiger partial charge is 0.326 e. The molecule has 0 aromatic carbocycles. The van der Waals surface area contributed by atoms with Gasteiger partial charge in [-0.2, -0.15) is 0 Å². The van der Waals surface area contributed by atoms with Crippen molar-refractivity contribution < 1.29 is 0 Å². The van der Waals surface area contributed by atoms with Gasteiger partial charge in [-0.3, -0.25) is 4.90 Å². The molecule has 3 aliphatic rings. The summed E-state index contributed by atoms with van der Waals surface area (Å²) in [6.07, 6.45) is 11.3. The molecule has 1 heterocycles. The summed E-state index contributed by atoms with van der Waals surface area (Å²) in [6.45, 7) is 2.73. The summed E-state index contributed by atoms with van der Waals surface area (Å²) in [6, 6.07) is 1.18. The molecule has 0 aromatic heterocycles. The standard InChI is InChI=1S/C14H26N2/c15-13-7-2-1-3-8-14(13)16-9-11-5-4-6-12(11)10-16/h11-14H,1-10,15H2. The van der Waals surface area contributed by atoms with Crippen LogP contribution in [-0.2, 0) is 0 Å². The predicted molar refractivity (Wildman–Crippen MR) is 67.3 cm³/mol. The van der Waals surface area contributed by atoms with E-state index in [0.29, 0.717) is 12.1 Å². The van der Waals surface area contributed by atoms with Crippen LogP contribution in [0, 0.1) is 11.8 Å². The van der Waals surface area contributed by atoms with Crippen molar-refractivity contribution in [2.24, 2.45) is 17.6 Å². The molecule has 3 fully saturated rings. The minimum absolute atomic E-state index is 0.460. The Morgan fingerprint density at radius 2 is 1.44 bits per heavy atom. The van der Waals surface area contributed by atoms with E-state index < -0.39 is 0 Å². The Balaban J connectivity index is 1.63. The van der Waals surface area contributed by atoms with Crippen LogP contribution in [0.15, 0.2) is 0 Å². The summed E-state index contributed by atoms with van der Waals surface area (Å²) in [5.41, 5.74) is 6.37. The first-order valence-corrected chi connectivity index (χ1v) is 7.34. The van der Waals surface area contributed by atoms with Gasteiger partial charge in [0.1, 0.15) is 0 Å². The second kappa shape index (κ2) is 4.66. The van der Waals surface area contributed by atoms with Crippen LogP contribution in [0.5, 0.6) is 0 Å². The van der Waals surface area contributed by atoms with E-state index >= 15 is 0 Å². The van der Waals surface area contributed by atoms with E-state index in [4.69, 9.17) is 5.73 Å². The van der Waals surface area contributed by atoms with Gasteiger partial charge in [-0.05, 0) is 37.5 Å². The minimum atomic E-state index is 0.460. The third-order valence-electron chi connectivity index (χ3n) is 5.26. The van der Waals surface area contributed by atoms with Gasteiger partial charge in [0.2, 0.25) is 0 Å². The Labute approximate surface area is 99.6 Å². The first-order valence-electron chi connectivity index (χ1n) is 7.34. The smallest absolute Gasteiger partial charge is 0.0247 e. The highest BCUT2D eigenvalue weighted by atomic mass is 15.2. The maximum atomic E-state index is 6.37.